The third-order valence-corrected chi connectivity index (χ3v) is 6.23. The third kappa shape index (κ3) is 5.82. The summed E-state index contributed by atoms with van der Waals surface area (Å²) in [6.45, 7) is 10.1. The quantitative estimate of drug-likeness (QED) is 0.546. The van der Waals surface area contributed by atoms with Crippen LogP contribution in [0.3, 0.4) is 0 Å². The van der Waals surface area contributed by atoms with Crippen molar-refractivity contribution in [1.82, 2.24) is 15.4 Å². The summed E-state index contributed by atoms with van der Waals surface area (Å²) in [6.07, 6.45) is 0. The monoisotopic (exact) mass is 467 g/mol. The average molecular weight is 468 g/mol. The molecule has 7 heteroatoms. The zero-order chi connectivity index (χ0) is 23.4. The van der Waals surface area contributed by atoms with Gasteiger partial charge in [-0.2, -0.15) is 0 Å². The number of carbonyl (C=O) groups excluding carboxylic acids is 1. The number of morpholine rings is 1. The van der Waals surface area contributed by atoms with Crippen LogP contribution in [0.25, 0.3) is 11.3 Å². The van der Waals surface area contributed by atoms with Crippen LogP contribution in [0.15, 0.2) is 59.1 Å². The van der Waals surface area contributed by atoms with Crippen LogP contribution in [0, 0.1) is 0 Å². The lowest BCUT2D eigenvalue weighted by atomic mass is 9.86. The smallest absolute Gasteiger partial charge is 0.273 e. The molecule has 6 nitrogen and oxygen atoms in total. The topological polar surface area (TPSA) is 67.6 Å². The molecule has 1 amide bonds. The molecule has 0 saturated carbocycles. The maximum absolute atomic E-state index is 12.8. The highest BCUT2D eigenvalue weighted by Gasteiger charge is 2.25. The first-order chi connectivity index (χ1) is 15.8. The van der Waals surface area contributed by atoms with E-state index in [4.69, 9.17) is 20.9 Å². The molecule has 1 atom stereocenters. The van der Waals surface area contributed by atoms with E-state index < -0.39 is 0 Å². The molecule has 1 aliphatic rings. The van der Waals surface area contributed by atoms with Gasteiger partial charge in [0.25, 0.3) is 5.91 Å². The third-order valence-electron chi connectivity index (χ3n) is 5.98. The number of halogens is 1. The highest BCUT2D eigenvalue weighted by atomic mass is 35.5. The molecule has 2 aromatic carbocycles. The van der Waals surface area contributed by atoms with Crippen LogP contribution >= 0.6 is 11.6 Å². The number of nitrogens with zero attached hydrogens (tertiary/aromatic N) is 2. The Morgan fingerprint density at radius 1 is 1.09 bits per heavy atom. The van der Waals surface area contributed by atoms with Gasteiger partial charge in [0, 0.05) is 36.3 Å². The van der Waals surface area contributed by atoms with E-state index in [9.17, 15) is 4.79 Å². The molecule has 0 radical (unpaired) electrons. The SMILES string of the molecule is CC(C)(C)c1ccc(C(CNC(=O)c2cc(-c3ccc(Cl)cc3)on2)N2CCOCC2)cc1. The van der Waals surface area contributed by atoms with Gasteiger partial charge in [0.15, 0.2) is 11.5 Å². The number of amides is 1. The van der Waals surface area contributed by atoms with Crippen LogP contribution in [0.2, 0.25) is 5.02 Å². The number of ether oxygens (including phenoxy) is 1. The molecule has 0 bridgehead atoms. The molecule has 1 unspecified atom stereocenters. The summed E-state index contributed by atoms with van der Waals surface area (Å²) in [4.78, 5) is 15.2. The van der Waals surface area contributed by atoms with E-state index in [0.29, 0.717) is 30.5 Å². The van der Waals surface area contributed by atoms with Crippen LogP contribution in [-0.2, 0) is 10.2 Å². The molecular weight excluding hydrogens is 438 g/mol. The van der Waals surface area contributed by atoms with Crippen LogP contribution in [0.4, 0.5) is 0 Å². The lowest BCUT2D eigenvalue weighted by Crippen LogP contribution is -2.43. The minimum Gasteiger partial charge on any atom is -0.379 e. The summed E-state index contributed by atoms with van der Waals surface area (Å²) in [5.41, 5.74) is 3.62. The predicted molar refractivity (Wildman–Crippen MR) is 130 cm³/mol. The van der Waals surface area contributed by atoms with Crippen molar-refractivity contribution >= 4 is 17.5 Å². The Hall–Kier alpha value is -2.67. The van der Waals surface area contributed by atoms with E-state index in [-0.39, 0.29) is 23.1 Å². The van der Waals surface area contributed by atoms with Gasteiger partial charge in [0.05, 0.1) is 19.3 Å². The van der Waals surface area contributed by atoms with Gasteiger partial charge >= 0.3 is 0 Å². The number of benzene rings is 2. The number of rotatable bonds is 6. The fourth-order valence-corrected chi connectivity index (χ4v) is 4.09. The van der Waals surface area contributed by atoms with Crippen LogP contribution in [0.5, 0.6) is 0 Å². The zero-order valence-electron chi connectivity index (χ0n) is 19.3. The molecular formula is C26H30ClN3O3. The minimum absolute atomic E-state index is 0.0505. The summed E-state index contributed by atoms with van der Waals surface area (Å²) in [6, 6.07) is 17.6. The Kier molecular flexibility index (Phi) is 7.17. The van der Waals surface area contributed by atoms with E-state index in [1.54, 1.807) is 18.2 Å². The molecule has 4 rings (SSSR count). The van der Waals surface area contributed by atoms with E-state index in [1.165, 1.54) is 11.1 Å². The first-order valence-corrected chi connectivity index (χ1v) is 11.6. The van der Waals surface area contributed by atoms with Gasteiger partial charge in [0.2, 0.25) is 0 Å². The first kappa shape index (κ1) is 23.5. The molecule has 3 aromatic rings. The van der Waals surface area contributed by atoms with Crippen molar-refractivity contribution < 1.29 is 14.1 Å². The molecule has 1 N–H and O–H groups in total. The first-order valence-electron chi connectivity index (χ1n) is 11.2. The molecule has 1 fully saturated rings. The summed E-state index contributed by atoms with van der Waals surface area (Å²) >= 11 is 5.95. The minimum atomic E-state index is -0.261. The number of carbonyl (C=O) groups is 1. The molecule has 1 saturated heterocycles. The Labute approximate surface area is 199 Å². The van der Waals surface area contributed by atoms with E-state index in [0.717, 1.165) is 18.7 Å². The van der Waals surface area contributed by atoms with Crippen molar-refractivity contribution in [3.8, 4) is 11.3 Å². The van der Waals surface area contributed by atoms with Gasteiger partial charge in [-0.15, -0.1) is 0 Å². The van der Waals surface area contributed by atoms with Crippen molar-refractivity contribution in [3.05, 3.63) is 76.4 Å². The van der Waals surface area contributed by atoms with Gasteiger partial charge in [-0.05, 0) is 40.8 Å². The second kappa shape index (κ2) is 10.1. The second-order valence-electron chi connectivity index (χ2n) is 9.33. The van der Waals surface area contributed by atoms with Gasteiger partial charge < -0.3 is 14.6 Å². The Balaban J connectivity index is 1.47. The molecule has 2 heterocycles. The van der Waals surface area contributed by atoms with Crippen molar-refractivity contribution in [2.45, 2.75) is 32.2 Å². The van der Waals surface area contributed by atoms with Crippen molar-refractivity contribution in [2.24, 2.45) is 0 Å². The molecule has 0 aliphatic carbocycles. The summed E-state index contributed by atoms with van der Waals surface area (Å²) < 4.78 is 10.9. The maximum atomic E-state index is 12.8. The number of hydrogen-bond acceptors (Lipinski definition) is 5. The van der Waals surface area contributed by atoms with Crippen LogP contribution < -0.4 is 5.32 Å². The number of hydrogen-bond donors (Lipinski definition) is 1. The van der Waals surface area contributed by atoms with Gasteiger partial charge in [-0.25, -0.2) is 0 Å². The summed E-state index contributed by atoms with van der Waals surface area (Å²) in [5, 5.41) is 7.65. The zero-order valence-corrected chi connectivity index (χ0v) is 20.1. The number of nitrogens with one attached hydrogen (secondary N) is 1. The second-order valence-corrected chi connectivity index (χ2v) is 9.77. The Morgan fingerprint density at radius 3 is 2.39 bits per heavy atom. The fourth-order valence-electron chi connectivity index (χ4n) is 3.96. The molecule has 33 heavy (non-hydrogen) atoms. The van der Waals surface area contributed by atoms with Gasteiger partial charge in [-0.3, -0.25) is 9.69 Å². The van der Waals surface area contributed by atoms with Gasteiger partial charge in [0.1, 0.15) is 0 Å². The lowest BCUT2D eigenvalue weighted by Gasteiger charge is -2.35. The van der Waals surface area contributed by atoms with Gasteiger partial charge in [-0.1, -0.05) is 61.8 Å². The lowest BCUT2D eigenvalue weighted by molar-refractivity contribution is 0.0162. The predicted octanol–water partition coefficient (Wildman–Crippen LogP) is 5.10. The number of aromatic nitrogens is 1. The average Bonchev–Trinajstić information content (AvgIpc) is 3.30. The normalized spacial score (nSPS) is 15.9. The largest absolute Gasteiger partial charge is 0.379 e. The van der Waals surface area contributed by atoms with Crippen LogP contribution in [0.1, 0.15) is 48.4 Å². The van der Waals surface area contributed by atoms with Crippen molar-refractivity contribution in [3.63, 3.8) is 0 Å². The Bertz CT molecular complexity index is 1070. The molecule has 0 spiro atoms. The van der Waals surface area contributed by atoms with Crippen molar-refractivity contribution in [2.75, 3.05) is 32.8 Å². The highest BCUT2D eigenvalue weighted by Crippen LogP contribution is 2.27. The molecule has 1 aliphatic heterocycles. The summed E-state index contributed by atoms with van der Waals surface area (Å²) in [7, 11) is 0. The van der Waals surface area contributed by atoms with Crippen LogP contribution in [-0.4, -0.2) is 48.8 Å². The highest BCUT2D eigenvalue weighted by molar-refractivity contribution is 6.30. The summed E-state index contributed by atoms with van der Waals surface area (Å²) in [5.74, 6) is 0.267. The fraction of sp³-hybridized carbons (Fsp3) is 0.385. The standard InChI is InChI=1S/C26H30ClN3O3/c1-26(2,3)20-8-4-18(5-9-20)23(30-12-14-32-15-13-30)17-28-25(31)22-16-24(33-29-22)19-6-10-21(27)11-7-19/h4-11,16,23H,12-15,17H2,1-3H3,(H,28,31). The van der Waals surface area contributed by atoms with Crippen molar-refractivity contribution in [1.29, 1.82) is 0 Å². The Morgan fingerprint density at radius 2 is 1.76 bits per heavy atom. The maximum Gasteiger partial charge on any atom is 0.273 e. The van der Waals surface area contributed by atoms with E-state index >= 15 is 0 Å². The van der Waals surface area contributed by atoms with E-state index in [2.05, 4.69) is 60.4 Å². The molecule has 174 valence electrons. The van der Waals surface area contributed by atoms with E-state index in [1.807, 2.05) is 12.1 Å². The molecule has 1 aromatic heterocycles.